The highest BCUT2D eigenvalue weighted by Gasteiger charge is 2.19. The van der Waals surface area contributed by atoms with Crippen molar-refractivity contribution in [3.8, 4) is 0 Å². The van der Waals surface area contributed by atoms with E-state index in [0.717, 1.165) is 4.90 Å². The molecule has 0 atom stereocenters. The summed E-state index contributed by atoms with van der Waals surface area (Å²) in [5, 5.41) is 0.448. The van der Waals surface area contributed by atoms with Crippen molar-refractivity contribution < 1.29 is 13.6 Å². The maximum Gasteiger partial charge on any atom is 0.255 e. The van der Waals surface area contributed by atoms with Crippen LogP contribution < -0.4 is 0 Å². The second-order valence-electron chi connectivity index (χ2n) is 3.46. The Hall–Kier alpha value is -0.390. The zero-order chi connectivity index (χ0) is 13.7. The van der Waals surface area contributed by atoms with E-state index in [2.05, 4.69) is 15.9 Å². The molecule has 0 aromatic heterocycles. The summed E-state index contributed by atoms with van der Waals surface area (Å²) in [5.41, 5.74) is 0.289. The van der Waals surface area contributed by atoms with Crippen molar-refractivity contribution >= 4 is 45.0 Å². The van der Waals surface area contributed by atoms with Crippen molar-refractivity contribution in [2.75, 3.05) is 19.0 Å². The Labute approximate surface area is 122 Å². The molecule has 7 heteroatoms. The number of carbonyl (C=O) groups is 1. The quantitative estimate of drug-likeness (QED) is 0.725. The lowest BCUT2D eigenvalue weighted by Gasteiger charge is -2.21. The van der Waals surface area contributed by atoms with Gasteiger partial charge in [-0.3, -0.25) is 4.79 Å². The molecule has 0 fully saturated rings. The van der Waals surface area contributed by atoms with Gasteiger partial charge in [-0.2, -0.15) is 0 Å². The summed E-state index contributed by atoms with van der Waals surface area (Å²) in [6, 6.07) is 4.51. The van der Waals surface area contributed by atoms with Crippen LogP contribution in [-0.4, -0.2) is 36.2 Å². The Kier molecular flexibility index (Phi) is 6.32. The standard InChI is InChI=1S/C11H10BrCl2F2NO/c12-8-5-7(1-2-9(8)14)11(18)17(4-3-13)6-10(15)16/h1-2,5,10H,3-4,6H2. The number of alkyl halides is 3. The largest absolute Gasteiger partial charge is 0.332 e. The van der Waals surface area contributed by atoms with Crippen molar-refractivity contribution in [1.29, 1.82) is 0 Å². The van der Waals surface area contributed by atoms with Crippen molar-refractivity contribution in [3.63, 3.8) is 0 Å². The Morgan fingerprint density at radius 3 is 2.61 bits per heavy atom. The van der Waals surface area contributed by atoms with Gasteiger partial charge in [0.15, 0.2) is 0 Å². The van der Waals surface area contributed by atoms with E-state index in [1.807, 2.05) is 0 Å². The van der Waals surface area contributed by atoms with E-state index in [-0.39, 0.29) is 18.0 Å². The van der Waals surface area contributed by atoms with Gasteiger partial charge in [-0.05, 0) is 34.1 Å². The third kappa shape index (κ3) is 4.37. The molecule has 0 heterocycles. The van der Waals surface area contributed by atoms with Crippen molar-refractivity contribution in [2.24, 2.45) is 0 Å². The molecule has 0 spiro atoms. The number of rotatable bonds is 5. The summed E-state index contributed by atoms with van der Waals surface area (Å²) in [4.78, 5) is 13.0. The zero-order valence-electron chi connectivity index (χ0n) is 9.18. The lowest BCUT2D eigenvalue weighted by Crippen LogP contribution is -2.36. The number of hydrogen-bond donors (Lipinski definition) is 0. The molecular formula is C11H10BrCl2F2NO. The minimum atomic E-state index is -2.59. The van der Waals surface area contributed by atoms with Gasteiger partial charge < -0.3 is 4.90 Å². The SMILES string of the molecule is O=C(c1ccc(Cl)c(Br)c1)N(CCCl)CC(F)F. The number of amides is 1. The summed E-state index contributed by atoms with van der Waals surface area (Å²) >= 11 is 14.5. The molecule has 0 saturated heterocycles. The topological polar surface area (TPSA) is 20.3 Å². The molecular weight excluding hydrogens is 351 g/mol. The lowest BCUT2D eigenvalue weighted by molar-refractivity contribution is 0.0571. The third-order valence-electron chi connectivity index (χ3n) is 2.17. The Morgan fingerprint density at radius 2 is 2.11 bits per heavy atom. The van der Waals surface area contributed by atoms with E-state index in [9.17, 15) is 13.6 Å². The average molecular weight is 361 g/mol. The van der Waals surface area contributed by atoms with Gasteiger partial charge in [0.2, 0.25) is 0 Å². The molecule has 1 amide bonds. The van der Waals surface area contributed by atoms with Gasteiger partial charge >= 0.3 is 0 Å². The highest BCUT2D eigenvalue weighted by Crippen LogP contribution is 2.24. The van der Waals surface area contributed by atoms with E-state index in [1.165, 1.54) is 18.2 Å². The van der Waals surface area contributed by atoms with Crippen LogP contribution in [0.1, 0.15) is 10.4 Å². The summed E-state index contributed by atoms with van der Waals surface area (Å²) in [5.74, 6) is -0.388. The first-order chi connectivity index (χ1) is 8.45. The van der Waals surface area contributed by atoms with Crippen LogP contribution >= 0.6 is 39.1 Å². The normalized spacial score (nSPS) is 10.8. The third-order valence-corrected chi connectivity index (χ3v) is 3.55. The molecule has 0 aliphatic carbocycles. The molecule has 18 heavy (non-hydrogen) atoms. The van der Waals surface area contributed by atoms with E-state index < -0.39 is 18.9 Å². The summed E-state index contributed by atoms with van der Waals surface area (Å²) in [6.07, 6.45) is -2.59. The van der Waals surface area contributed by atoms with E-state index in [4.69, 9.17) is 23.2 Å². The fourth-order valence-corrected chi connectivity index (χ4v) is 2.06. The van der Waals surface area contributed by atoms with Crippen LogP contribution in [0.4, 0.5) is 8.78 Å². The first-order valence-corrected chi connectivity index (χ1v) is 6.74. The highest BCUT2D eigenvalue weighted by atomic mass is 79.9. The summed E-state index contributed by atoms with van der Waals surface area (Å²) in [7, 11) is 0. The van der Waals surface area contributed by atoms with Gasteiger partial charge in [0, 0.05) is 22.5 Å². The van der Waals surface area contributed by atoms with Crippen LogP contribution in [0.15, 0.2) is 22.7 Å². The minimum absolute atomic E-state index is 0.0744. The predicted molar refractivity (Wildman–Crippen MR) is 71.8 cm³/mol. The summed E-state index contributed by atoms with van der Waals surface area (Å²) in [6.45, 7) is -0.559. The van der Waals surface area contributed by atoms with Crippen LogP contribution in [0.2, 0.25) is 5.02 Å². The zero-order valence-corrected chi connectivity index (χ0v) is 12.3. The smallest absolute Gasteiger partial charge is 0.255 e. The first kappa shape index (κ1) is 15.7. The minimum Gasteiger partial charge on any atom is -0.332 e. The van der Waals surface area contributed by atoms with Gasteiger partial charge in [0.05, 0.1) is 11.6 Å². The molecule has 0 aliphatic rings. The van der Waals surface area contributed by atoms with Crippen LogP contribution in [-0.2, 0) is 0 Å². The number of nitrogens with zero attached hydrogens (tertiary/aromatic N) is 1. The first-order valence-electron chi connectivity index (χ1n) is 5.04. The van der Waals surface area contributed by atoms with Crippen molar-refractivity contribution in [1.82, 2.24) is 4.90 Å². The van der Waals surface area contributed by atoms with Gasteiger partial charge in [-0.15, -0.1) is 11.6 Å². The molecule has 0 N–H and O–H groups in total. The van der Waals surface area contributed by atoms with Crippen LogP contribution in [0, 0.1) is 0 Å². The molecule has 1 aromatic carbocycles. The highest BCUT2D eigenvalue weighted by molar-refractivity contribution is 9.10. The maximum atomic E-state index is 12.4. The molecule has 0 saturated carbocycles. The van der Waals surface area contributed by atoms with Gasteiger partial charge in [0.25, 0.3) is 12.3 Å². The van der Waals surface area contributed by atoms with Crippen molar-refractivity contribution in [2.45, 2.75) is 6.43 Å². The van der Waals surface area contributed by atoms with Crippen LogP contribution in [0.5, 0.6) is 0 Å². The molecule has 1 rings (SSSR count). The number of hydrogen-bond acceptors (Lipinski definition) is 1. The van der Waals surface area contributed by atoms with E-state index >= 15 is 0 Å². The predicted octanol–water partition coefficient (Wildman–Crippen LogP) is 4.05. The van der Waals surface area contributed by atoms with E-state index in [1.54, 1.807) is 0 Å². The average Bonchev–Trinajstić information content (AvgIpc) is 2.31. The molecule has 2 nitrogen and oxygen atoms in total. The summed E-state index contributed by atoms with van der Waals surface area (Å²) < 4.78 is 25.3. The monoisotopic (exact) mass is 359 g/mol. The number of carbonyl (C=O) groups excluding carboxylic acids is 1. The van der Waals surface area contributed by atoms with Gasteiger partial charge in [0.1, 0.15) is 0 Å². The molecule has 0 unspecified atom stereocenters. The molecule has 0 bridgehead atoms. The maximum absolute atomic E-state index is 12.4. The number of benzene rings is 1. The van der Waals surface area contributed by atoms with Crippen molar-refractivity contribution in [3.05, 3.63) is 33.3 Å². The fraction of sp³-hybridized carbons (Fsp3) is 0.364. The van der Waals surface area contributed by atoms with E-state index in [0.29, 0.717) is 9.50 Å². The second kappa shape index (κ2) is 7.26. The van der Waals surface area contributed by atoms with Crippen LogP contribution in [0.25, 0.3) is 0 Å². The molecule has 100 valence electrons. The Morgan fingerprint density at radius 1 is 1.44 bits per heavy atom. The Bertz CT molecular complexity index is 432. The molecule has 0 aliphatic heterocycles. The number of halogens is 5. The van der Waals surface area contributed by atoms with Crippen LogP contribution in [0.3, 0.4) is 0 Å². The molecule has 0 radical (unpaired) electrons. The Balaban J connectivity index is 2.90. The molecule has 1 aromatic rings. The fourth-order valence-electron chi connectivity index (χ4n) is 1.36. The van der Waals surface area contributed by atoms with Gasteiger partial charge in [-0.1, -0.05) is 11.6 Å². The van der Waals surface area contributed by atoms with Gasteiger partial charge in [-0.25, -0.2) is 8.78 Å². The second-order valence-corrected chi connectivity index (χ2v) is 5.10. The lowest BCUT2D eigenvalue weighted by atomic mass is 10.2.